The molecule has 1 aliphatic heterocycles. The van der Waals surface area contributed by atoms with Gasteiger partial charge >= 0.3 is 0 Å². The molecule has 14 heavy (non-hydrogen) atoms. The second-order valence-electron chi connectivity index (χ2n) is 3.47. The van der Waals surface area contributed by atoms with E-state index in [9.17, 15) is 0 Å². The zero-order valence-electron chi connectivity index (χ0n) is 8.11. The van der Waals surface area contributed by atoms with E-state index in [-0.39, 0.29) is 12.4 Å². The molecular weight excluding hydrogens is 198 g/mol. The molecule has 1 aromatic carbocycles. The maximum absolute atomic E-state index is 5.73. The molecule has 1 aliphatic rings. The summed E-state index contributed by atoms with van der Waals surface area (Å²) in [6.45, 7) is 2.30. The lowest BCUT2D eigenvalue weighted by atomic mass is 9.93. The second kappa shape index (κ2) is 5.35. The van der Waals surface area contributed by atoms with E-state index in [0.717, 1.165) is 26.2 Å². The molecule has 0 aliphatic carbocycles. The van der Waals surface area contributed by atoms with Crippen LogP contribution in [0.2, 0.25) is 0 Å². The number of halogens is 1. The number of rotatable bonds is 1. The van der Waals surface area contributed by atoms with Crippen LogP contribution in [0.1, 0.15) is 23.5 Å². The van der Waals surface area contributed by atoms with Gasteiger partial charge in [-0.05, 0) is 30.0 Å². The van der Waals surface area contributed by atoms with Crippen molar-refractivity contribution in [2.45, 2.75) is 18.9 Å². The van der Waals surface area contributed by atoms with Crippen molar-refractivity contribution in [1.82, 2.24) is 0 Å². The summed E-state index contributed by atoms with van der Waals surface area (Å²) in [5.74, 6) is 0.485. The van der Waals surface area contributed by atoms with Crippen LogP contribution < -0.4 is 5.73 Å². The highest BCUT2D eigenvalue weighted by molar-refractivity contribution is 5.85. The van der Waals surface area contributed by atoms with E-state index >= 15 is 0 Å². The lowest BCUT2D eigenvalue weighted by Gasteiger charge is -2.13. The van der Waals surface area contributed by atoms with Gasteiger partial charge in [0.25, 0.3) is 0 Å². The third-order valence-corrected chi connectivity index (χ3v) is 2.65. The van der Waals surface area contributed by atoms with Crippen molar-refractivity contribution in [2.75, 3.05) is 13.2 Å². The van der Waals surface area contributed by atoms with Crippen molar-refractivity contribution in [1.29, 1.82) is 0 Å². The maximum atomic E-state index is 5.73. The normalized spacial score (nSPS) is 20.5. The highest BCUT2D eigenvalue weighted by Gasteiger charge is 2.16. The monoisotopic (exact) mass is 213 g/mol. The fraction of sp³-hybridized carbons (Fsp3) is 0.455. The topological polar surface area (TPSA) is 35.2 Å². The molecule has 2 N–H and O–H groups in total. The molecule has 2 nitrogen and oxygen atoms in total. The van der Waals surface area contributed by atoms with Crippen LogP contribution in [0.15, 0.2) is 24.3 Å². The quantitative estimate of drug-likeness (QED) is 0.775. The zero-order valence-corrected chi connectivity index (χ0v) is 8.93. The first-order chi connectivity index (χ1) is 6.42. The Morgan fingerprint density at radius 3 is 2.93 bits per heavy atom. The Hall–Kier alpha value is -0.570. The molecule has 3 heteroatoms. The van der Waals surface area contributed by atoms with Gasteiger partial charge in [-0.15, -0.1) is 12.4 Å². The average Bonchev–Trinajstić information content (AvgIpc) is 2.39. The summed E-state index contributed by atoms with van der Waals surface area (Å²) in [6.07, 6.45) is 1.05. The molecule has 0 fully saturated rings. The van der Waals surface area contributed by atoms with Gasteiger partial charge in [0.2, 0.25) is 0 Å². The molecule has 1 atom stereocenters. The first-order valence-corrected chi connectivity index (χ1v) is 4.77. The summed E-state index contributed by atoms with van der Waals surface area (Å²) in [5, 5.41) is 0. The lowest BCUT2D eigenvalue weighted by molar-refractivity contribution is 0.122. The molecule has 0 radical (unpaired) electrons. The van der Waals surface area contributed by atoms with Gasteiger partial charge in [-0.25, -0.2) is 0 Å². The molecule has 1 unspecified atom stereocenters. The van der Waals surface area contributed by atoms with E-state index in [1.165, 1.54) is 11.1 Å². The van der Waals surface area contributed by atoms with Crippen LogP contribution in [0.4, 0.5) is 0 Å². The average molecular weight is 214 g/mol. The van der Waals surface area contributed by atoms with Gasteiger partial charge in [0, 0.05) is 6.61 Å². The molecule has 78 valence electrons. The second-order valence-corrected chi connectivity index (χ2v) is 3.47. The SMILES string of the molecule is Cl.NCC1CCOCc2ccccc21. The summed E-state index contributed by atoms with van der Waals surface area (Å²) in [7, 11) is 0. The molecule has 0 aromatic heterocycles. The number of benzene rings is 1. The van der Waals surface area contributed by atoms with E-state index in [1.54, 1.807) is 0 Å². The molecule has 2 rings (SSSR count). The molecule has 0 saturated carbocycles. The van der Waals surface area contributed by atoms with Gasteiger partial charge in [-0.1, -0.05) is 24.3 Å². The van der Waals surface area contributed by atoms with Crippen LogP contribution in [0.25, 0.3) is 0 Å². The number of hydrogen-bond acceptors (Lipinski definition) is 2. The Balaban J connectivity index is 0.000000980. The van der Waals surface area contributed by atoms with E-state index < -0.39 is 0 Å². The number of fused-ring (bicyclic) bond motifs is 1. The zero-order chi connectivity index (χ0) is 9.10. The Kier molecular flexibility index (Phi) is 4.39. The molecule has 0 saturated heterocycles. The summed E-state index contributed by atoms with van der Waals surface area (Å²) in [4.78, 5) is 0. The first kappa shape index (κ1) is 11.5. The van der Waals surface area contributed by atoms with Crippen LogP contribution in [-0.2, 0) is 11.3 Å². The van der Waals surface area contributed by atoms with Crippen molar-refractivity contribution < 1.29 is 4.74 Å². The summed E-state index contributed by atoms with van der Waals surface area (Å²) >= 11 is 0. The predicted molar refractivity (Wildman–Crippen MR) is 59.8 cm³/mol. The fourth-order valence-corrected chi connectivity index (χ4v) is 1.87. The minimum atomic E-state index is 0. The molecular formula is C11H16ClNO. The number of hydrogen-bond donors (Lipinski definition) is 1. The minimum Gasteiger partial charge on any atom is -0.377 e. The van der Waals surface area contributed by atoms with Crippen LogP contribution >= 0.6 is 12.4 Å². The van der Waals surface area contributed by atoms with Crippen molar-refractivity contribution in [2.24, 2.45) is 5.73 Å². The highest BCUT2D eigenvalue weighted by atomic mass is 35.5. The van der Waals surface area contributed by atoms with Crippen molar-refractivity contribution in [3.63, 3.8) is 0 Å². The van der Waals surface area contributed by atoms with Crippen LogP contribution in [0, 0.1) is 0 Å². The molecule has 0 amide bonds. The van der Waals surface area contributed by atoms with E-state index in [4.69, 9.17) is 10.5 Å². The molecule has 0 bridgehead atoms. The van der Waals surface area contributed by atoms with E-state index in [2.05, 4.69) is 24.3 Å². The van der Waals surface area contributed by atoms with Crippen molar-refractivity contribution in [3.05, 3.63) is 35.4 Å². The van der Waals surface area contributed by atoms with Crippen molar-refractivity contribution >= 4 is 12.4 Å². The first-order valence-electron chi connectivity index (χ1n) is 4.77. The number of nitrogens with two attached hydrogens (primary N) is 1. The van der Waals surface area contributed by atoms with Crippen LogP contribution in [0.5, 0.6) is 0 Å². The van der Waals surface area contributed by atoms with Gasteiger partial charge in [0.05, 0.1) is 6.61 Å². The predicted octanol–water partition coefficient (Wildman–Crippen LogP) is 2.07. The Morgan fingerprint density at radius 1 is 1.36 bits per heavy atom. The highest BCUT2D eigenvalue weighted by Crippen LogP contribution is 2.25. The standard InChI is InChI=1S/C11H15NO.ClH/c12-7-9-5-6-13-8-10-3-1-2-4-11(9)10;/h1-4,9H,5-8,12H2;1H. The molecule has 1 heterocycles. The van der Waals surface area contributed by atoms with E-state index in [1.807, 2.05) is 0 Å². The van der Waals surface area contributed by atoms with Gasteiger partial charge in [-0.3, -0.25) is 0 Å². The summed E-state index contributed by atoms with van der Waals surface area (Å²) < 4.78 is 5.50. The number of ether oxygens (including phenoxy) is 1. The largest absolute Gasteiger partial charge is 0.377 e. The van der Waals surface area contributed by atoms with E-state index in [0.29, 0.717) is 5.92 Å². The molecule has 0 spiro atoms. The smallest absolute Gasteiger partial charge is 0.0719 e. The fourth-order valence-electron chi connectivity index (χ4n) is 1.87. The third kappa shape index (κ3) is 2.27. The maximum Gasteiger partial charge on any atom is 0.0719 e. The third-order valence-electron chi connectivity index (χ3n) is 2.65. The Bertz CT molecular complexity index is 290. The van der Waals surface area contributed by atoms with Crippen molar-refractivity contribution in [3.8, 4) is 0 Å². The van der Waals surface area contributed by atoms with Crippen LogP contribution in [-0.4, -0.2) is 13.2 Å². The van der Waals surface area contributed by atoms with Gasteiger partial charge in [0.1, 0.15) is 0 Å². The van der Waals surface area contributed by atoms with Gasteiger partial charge in [0.15, 0.2) is 0 Å². The van der Waals surface area contributed by atoms with Gasteiger partial charge < -0.3 is 10.5 Å². The minimum absolute atomic E-state index is 0. The summed E-state index contributed by atoms with van der Waals surface area (Å²) in [6, 6.07) is 8.43. The Morgan fingerprint density at radius 2 is 2.14 bits per heavy atom. The Labute approximate surface area is 90.9 Å². The summed E-state index contributed by atoms with van der Waals surface area (Å²) in [5.41, 5.74) is 8.41. The lowest BCUT2D eigenvalue weighted by Crippen LogP contribution is -2.13. The molecule has 1 aromatic rings. The van der Waals surface area contributed by atoms with Gasteiger partial charge in [-0.2, -0.15) is 0 Å². The van der Waals surface area contributed by atoms with Crippen LogP contribution in [0.3, 0.4) is 0 Å².